The molecule has 2 amide bonds. The summed E-state index contributed by atoms with van der Waals surface area (Å²) in [5.74, 6) is -0.0504. The van der Waals surface area contributed by atoms with Gasteiger partial charge in [-0.3, -0.25) is 9.59 Å². The maximum atomic E-state index is 14.2. The lowest BCUT2D eigenvalue weighted by Crippen LogP contribution is -2.55. The first-order valence-electron chi connectivity index (χ1n) is 13.7. The highest BCUT2D eigenvalue weighted by Gasteiger charge is 2.62. The van der Waals surface area contributed by atoms with Crippen molar-refractivity contribution in [1.29, 1.82) is 0 Å². The number of piperidine rings is 1. The molecule has 2 heterocycles. The Hall–Kier alpha value is -3.05. The number of aromatic nitrogens is 1. The SMILES string of the molecule is CCOc1cccc([C@@](O)(C(=O)N(C)CC2C[C@@H]2C2CCN(c3ccc(C(=O)N(C)C)c(Cl)n3)CC2)C(F)(F)F)c1. The van der Waals surface area contributed by atoms with Crippen molar-refractivity contribution in [2.45, 2.75) is 38.0 Å². The van der Waals surface area contributed by atoms with Gasteiger partial charge in [-0.25, -0.2) is 4.98 Å². The molecule has 1 aromatic carbocycles. The van der Waals surface area contributed by atoms with Crippen molar-refractivity contribution < 1.29 is 32.6 Å². The summed E-state index contributed by atoms with van der Waals surface area (Å²) in [6.45, 7) is 3.52. The van der Waals surface area contributed by atoms with Gasteiger partial charge in [0.2, 0.25) is 0 Å². The molecule has 1 aromatic heterocycles. The van der Waals surface area contributed by atoms with Crippen molar-refractivity contribution in [1.82, 2.24) is 14.8 Å². The van der Waals surface area contributed by atoms with Gasteiger partial charge in [-0.05, 0) is 68.2 Å². The molecular weight excluding hydrogens is 561 g/mol. The number of alkyl halides is 3. The number of carbonyl (C=O) groups is 2. The molecule has 0 radical (unpaired) electrons. The van der Waals surface area contributed by atoms with Crippen LogP contribution in [-0.4, -0.2) is 85.3 Å². The smallest absolute Gasteiger partial charge is 0.430 e. The molecule has 224 valence electrons. The van der Waals surface area contributed by atoms with Crippen LogP contribution in [0.1, 0.15) is 42.1 Å². The van der Waals surface area contributed by atoms with Crippen LogP contribution in [0.25, 0.3) is 0 Å². The lowest BCUT2D eigenvalue weighted by Gasteiger charge is -2.34. The van der Waals surface area contributed by atoms with Gasteiger partial charge < -0.3 is 24.5 Å². The Labute approximate surface area is 243 Å². The molecule has 1 saturated carbocycles. The van der Waals surface area contributed by atoms with Gasteiger partial charge in [0.1, 0.15) is 16.7 Å². The molecule has 1 N–H and O–H groups in total. The number of nitrogens with zero attached hydrogens (tertiary/aromatic N) is 4. The summed E-state index contributed by atoms with van der Waals surface area (Å²) >= 11 is 6.28. The number of amides is 2. The number of halogens is 4. The molecule has 1 aliphatic heterocycles. The predicted octanol–water partition coefficient (Wildman–Crippen LogP) is 4.60. The zero-order valence-corrected chi connectivity index (χ0v) is 24.4. The van der Waals surface area contributed by atoms with E-state index in [2.05, 4.69) is 9.88 Å². The van der Waals surface area contributed by atoms with Gasteiger partial charge in [0.15, 0.2) is 0 Å². The summed E-state index contributed by atoms with van der Waals surface area (Å²) in [5, 5.41) is 11.0. The number of anilines is 1. The largest absolute Gasteiger partial charge is 0.494 e. The lowest BCUT2D eigenvalue weighted by molar-refractivity contribution is -0.261. The minimum Gasteiger partial charge on any atom is -0.494 e. The number of ether oxygens (including phenoxy) is 1. The van der Waals surface area contributed by atoms with E-state index in [0.717, 1.165) is 49.4 Å². The second kappa shape index (κ2) is 12.1. The summed E-state index contributed by atoms with van der Waals surface area (Å²) in [5.41, 5.74) is -3.90. The van der Waals surface area contributed by atoms with Crippen LogP contribution in [0.4, 0.5) is 19.0 Å². The van der Waals surface area contributed by atoms with Crippen molar-refractivity contribution in [2.75, 3.05) is 52.3 Å². The molecule has 1 saturated heterocycles. The Morgan fingerprint density at radius 1 is 1.15 bits per heavy atom. The van der Waals surface area contributed by atoms with Crippen LogP contribution in [0.3, 0.4) is 0 Å². The molecule has 2 aromatic rings. The molecule has 12 heteroatoms. The van der Waals surface area contributed by atoms with Crippen molar-refractivity contribution in [3.8, 4) is 5.75 Å². The first-order valence-corrected chi connectivity index (χ1v) is 14.1. The van der Waals surface area contributed by atoms with E-state index in [9.17, 15) is 27.9 Å². The number of rotatable bonds is 9. The van der Waals surface area contributed by atoms with Crippen molar-refractivity contribution in [3.63, 3.8) is 0 Å². The normalized spacial score (nSPS) is 20.8. The molecule has 0 bridgehead atoms. The first kappa shape index (κ1) is 30.9. The van der Waals surface area contributed by atoms with Gasteiger partial charge in [0, 0.05) is 46.3 Å². The van der Waals surface area contributed by atoms with Crippen LogP contribution >= 0.6 is 11.6 Å². The van der Waals surface area contributed by atoms with E-state index < -0.39 is 23.2 Å². The Morgan fingerprint density at radius 2 is 1.83 bits per heavy atom. The number of benzene rings is 1. The van der Waals surface area contributed by atoms with E-state index in [1.807, 2.05) is 0 Å². The van der Waals surface area contributed by atoms with E-state index in [-0.39, 0.29) is 35.9 Å². The van der Waals surface area contributed by atoms with Gasteiger partial charge in [-0.2, -0.15) is 13.2 Å². The number of likely N-dealkylation sites (N-methyl/N-ethyl adjacent to an activating group) is 1. The number of carbonyl (C=O) groups excluding carboxylic acids is 2. The van der Waals surface area contributed by atoms with Gasteiger partial charge in [0.05, 0.1) is 12.2 Å². The fraction of sp³-hybridized carbons (Fsp3) is 0.552. The van der Waals surface area contributed by atoms with E-state index >= 15 is 0 Å². The summed E-state index contributed by atoms with van der Waals surface area (Å²) in [7, 11) is 4.60. The zero-order chi connectivity index (χ0) is 30.1. The van der Waals surface area contributed by atoms with Gasteiger partial charge >= 0.3 is 6.18 Å². The van der Waals surface area contributed by atoms with Crippen molar-refractivity contribution >= 4 is 29.2 Å². The van der Waals surface area contributed by atoms with E-state index in [4.69, 9.17) is 16.3 Å². The lowest BCUT2D eigenvalue weighted by atomic mass is 9.90. The molecule has 4 rings (SSSR count). The second-order valence-corrected chi connectivity index (χ2v) is 11.4. The number of hydrogen-bond donors (Lipinski definition) is 1. The van der Waals surface area contributed by atoms with Crippen LogP contribution in [-0.2, 0) is 10.4 Å². The predicted molar refractivity (Wildman–Crippen MR) is 149 cm³/mol. The minimum atomic E-state index is -5.21. The maximum Gasteiger partial charge on any atom is 0.430 e. The molecule has 41 heavy (non-hydrogen) atoms. The maximum absolute atomic E-state index is 14.2. The third-order valence-electron chi connectivity index (χ3n) is 8.05. The van der Waals surface area contributed by atoms with Crippen LogP contribution in [0, 0.1) is 17.8 Å². The summed E-state index contributed by atoms with van der Waals surface area (Å²) in [6.07, 6.45) is -2.66. The van der Waals surface area contributed by atoms with E-state index in [0.29, 0.717) is 23.2 Å². The molecule has 3 atom stereocenters. The summed E-state index contributed by atoms with van der Waals surface area (Å²) in [6, 6.07) is 8.42. The minimum absolute atomic E-state index is 0.0663. The molecule has 8 nitrogen and oxygen atoms in total. The van der Waals surface area contributed by atoms with E-state index in [1.54, 1.807) is 33.2 Å². The Bertz CT molecular complexity index is 1270. The number of pyridine rings is 1. The highest BCUT2D eigenvalue weighted by molar-refractivity contribution is 6.32. The number of hydrogen-bond acceptors (Lipinski definition) is 6. The van der Waals surface area contributed by atoms with Crippen LogP contribution < -0.4 is 9.64 Å². The fourth-order valence-electron chi connectivity index (χ4n) is 5.71. The number of aliphatic hydroxyl groups is 1. The fourth-order valence-corrected chi connectivity index (χ4v) is 5.94. The Kier molecular flexibility index (Phi) is 9.08. The van der Waals surface area contributed by atoms with Crippen molar-refractivity contribution in [2.24, 2.45) is 17.8 Å². The van der Waals surface area contributed by atoms with Crippen LogP contribution in [0.2, 0.25) is 5.15 Å². The average Bonchev–Trinajstić information content (AvgIpc) is 3.70. The monoisotopic (exact) mass is 596 g/mol. The Morgan fingerprint density at radius 3 is 2.41 bits per heavy atom. The highest BCUT2D eigenvalue weighted by atomic mass is 35.5. The van der Waals surface area contributed by atoms with Gasteiger partial charge in [-0.1, -0.05) is 23.7 Å². The molecule has 2 aliphatic rings. The molecule has 1 aliphatic carbocycles. The zero-order valence-electron chi connectivity index (χ0n) is 23.6. The molecule has 1 unspecified atom stereocenters. The quantitative estimate of drug-likeness (QED) is 0.426. The third kappa shape index (κ3) is 6.40. The van der Waals surface area contributed by atoms with Gasteiger partial charge in [-0.15, -0.1) is 0 Å². The average molecular weight is 597 g/mol. The standard InChI is InChI=1S/C29H36ClF3N4O4/c1-5-41-21-8-6-7-20(16-21)28(40,29(31,32)33)27(39)36(4)17-19-15-23(19)18-11-13-37(14-12-18)24-10-9-22(25(30)34-24)26(38)35(2)3/h6-10,16,18-19,23,40H,5,11-15,17H2,1-4H3/t19?,23-,28-/m1/s1. The molecule has 2 fully saturated rings. The molecule has 0 spiro atoms. The summed E-state index contributed by atoms with van der Waals surface area (Å²) < 4.78 is 47.8. The Balaban J connectivity index is 1.35. The van der Waals surface area contributed by atoms with Crippen molar-refractivity contribution in [3.05, 3.63) is 52.7 Å². The second-order valence-electron chi connectivity index (χ2n) is 11.0. The van der Waals surface area contributed by atoms with Crippen LogP contribution in [0.5, 0.6) is 5.75 Å². The van der Waals surface area contributed by atoms with Crippen LogP contribution in [0.15, 0.2) is 36.4 Å². The van der Waals surface area contributed by atoms with E-state index in [1.165, 1.54) is 24.1 Å². The molecular formula is C29H36ClF3N4O4. The highest BCUT2D eigenvalue weighted by Crippen LogP contribution is 2.49. The third-order valence-corrected chi connectivity index (χ3v) is 8.34. The first-order chi connectivity index (χ1) is 19.3. The topological polar surface area (TPSA) is 86.2 Å². The van der Waals surface area contributed by atoms with Gasteiger partial charge in [0.25, 0.3) is 17.4 Å². The summed E-state index contributed by atoms with van der Waals surface area (Å²) in [4.78, 5) is 34.3.